The van der Waals surface area contributed by atoms with Gasteiger partial charge in [0.25, 0.3) is 0 Å². The Balaban J connectivity index is 2.44. The molecule has 3 heteroatoms. The smallest absolute Gasteiger partial charge is 0.120 e. The molecule has 0 spiro atoms. The average molecular weight is 169 g/mol. The van der Waals surface area contributed by atoms with Gasteiger partial charge in [-0.15, -0.1) is 0 Å². The molecule has 2 atom stereocenters. The van der Waals surface area contributed by atoms with E-state index in [0.717, 1.165) is 5.76 Å². The van der Waals surface area contributed by atoms with Crippen LogP contribution in [0.15, 0.2) is 22.8 Å². The number of aliphatic hydroxyl groups is 1. The first kappa shape index (κ1) is 9.29. The summed E-state index contributed by atoms with van der Waals surface area (Å²) in [5.41, 5.74) is 0. The molecule has 1 aromatic heterocycles. The molecule has 0 aliphatic heterocycles. The molecule has 0 aliphatic rings. The van der Waals surface area contributed by atoms with Gasteiger partial charge in [0.05, 0.1) is 18.9 Å². The first-order chi connectivity index (χ1) is 5.74. The third kappa shape index (κ3) is 2.36. The van der Waals surface area contributed by atoms with Gasteiger partial charge in [0.2, 0.25) is 0 Å². The number of hydrogen-bond donors (Lipinski definition) is 2. The van der Waals surface area contributed by atoms with Crippen LogP contribution in [0.1, 0.15) is 25.6 Å². The number of aliphatic hydroxyl groups excluding tert-OH is 1. The highest BCUT2D eigenvalue weighted by molar-refractivity contribution is 5.03. The van der Waals surface area contributed by atoms with Crippen molar-refractivity contribution >= 4 is 0 Å². The standard InChI is InChI=1S/C9H15NO2/c1-7(6-11)10-8(2)9-4-3-5-12-9/h3-5,7-8,10-11H,6H2,1-2H3. The summed E-state index contributed by atoms with van der Waals surface area (Å²) in [6.07, 6.45) is 1.65. The minimum atomic E-state index is 0.102. The average Bonchev–Trinajstić information content (AvgIpc) is 2.56. The van der Waals surface area contributed by atoms with Crippen LogP contribution < -0.4 is 5.32 Å². The van der Waals surface area contributed by atoms with Crippen LogP contribution in [-0.4, -0.2) is 17.8 Å². The van der Waals surface area contributed by atoms with Crippen LogP contribution in [0.5, 0.6) is 0 Å². The predicted octanol–water partition coefficient (Wildman–Crippen LogP) is 1.31. The zero-order valence-electron chi connectivity index (χ0n) is 7.45. The van der Waals surface area contributed by atoms with Gasteiger partial charge in [-0.25, -0.2) is 0 Å². The Morgan fingerprint density at radius 1 is 1.58 bits per heavy atom. The molecule has 0 saturated heterocycles. The lowest BCUT2D eigenvalue weighted by Crippen LogP contribution is -2.31. The fraction of sp³-hybridized carbons (Fsp3) is 0.556. The molecule has 0 radical (unpaired) electrons. The summed E-state index contributed by atoms with van der Waals surface area (Å²) in [4.78, 5) is 0. The molecule has 0 fully saturated rings. The molecule has 68 valence electrons. The van der Waals surface area contributed by atoms with Crippen molar-refractivity contribution in [2.45, 2.75) is 25.9 Å². The summed E-state index contributed by atoms with van der Waals surface area (Å²) in [5.74, 6) is 0.898. The van der Waals surface area contributed by atoms with Crippen molar-refractivity contribution in [2.24, 2.45) is 0 Å². The lowest BCUT2D eigenvalue weighted by Gasteiger charge is -2.15. The fourth-order valence-corrected chi connectivity index (χ4v) is 1.10. The van der Waals surface area contributed by atoms with E-state index < -0.39 is 0 Å². The van der Waals surface area contributed by atoms with Gasteiger partial charge in [-0.1, -0.05) is 0 Å². The van der Waals surface area contributed by atoms with Crippen LogP contribution in [0.2, 0.25) is 0 Å². The van der Waals surface area contributed by atoms with Gasteiger partial charge in [-0.05, 0) is 26.0 Å². The van der Waals surface area contributed by atoms with Gasteiger partial charge < -0.3 is 14.8 Å². The second kappa shape index (κ2) is 4.28. The van der Waals surface area contributed by atoms with E-state index in [-0.39, 0.29) is 18.7 Å². The van der Waals surface area contributed by atoms with Gasteiger partial charge in [0.1, 0.15) is 5.76 Å². The Labute approximate surface area is 72.4 Å². The largest absolute Gasteiger partial charge is 0.468 e. The molecule has 12 heavy (non-hydrogen) atoms. The molecule has 1 aromatic rings. The van der Waals surface area contributed by atoms with Gasteiger partial charge in [0, 0.05) is 6.04 Å². The topological polar surface area (TPSA) is 45.4 Å². The molecule has 0 amide bonds. The number of rotatable bonds is 4. The van der Waals surface area contributed by atoms with Gasteiger partial charge in [0.15, 0.2) is 0 Å². The summed E-state index contributed by atoms with van der Waals surface area (Å²) < 4.78 is 5.20. The fourth-order valence-electron chi connectivity index (χ4n) is 1.10. The Morgan fingerprint density at radius 3 is 2.83 bits per heavy atom. The zero-order valence-corrected chi connectivity index (χ0v) is 7.45. The predicted molar refractivity (Wildman–Crippen MR) is 46.8 cm³/mol. The van der Waals surface area contributed by atoms with E-state index in [0.29, 0.717) is 0 Å². The molecule has 1 heterocycles. The summed E-state index contributed by atoms with van der Waals surface area (Å²) >= 11 is 0. The SMILES string of the molecule is CC(CO)NC(C)c1ccco1. The van der Waals surface area contributed by atoms with Crippen LogP contribution in [-0.2, 0) is 0 Å². The second-order valence-electron chi connectivity index (χ2n) is 2.99. The first-order valence-electron chi connectivity index (χ1n) is 4.14. The molecule has 0 aromatic carbocycles. The quantitative estimate of drug-likeness (QED) is 0.714. The number of nitrogens with one attached hydrogen (secondary N) is 1. The Hall–Kier alpha value is -0.800. The van der Waals surface area contributed by atoms with E-state index in [1.807, 2.05) is 26.0 Å². The van der Waals surface area contributed by atoms with Crippen molar-refractivity contribution in [3.63, 3.8) is 0 Å². The van der Waals surface area contributed by atoms with Crippen LogP contribution in [0.3, 0.4) is 0 Å². The van der Waals surface area contributed by atoms with E-state index in [1.54, 1.807) is 6.26 Å². The molecular formula is C9H15NO2. The Bertz CT molecular complexity index is 208. The van der Waals surface area contributed by atoms with Crippen molar-refractivity contribution in [1.82, 2.24) is 5.32 Å². The minimum absolute atomic E-state index is 0.102. The summed E-state index contributed by atoms with van der Waals surface area (Å²) in [7, 11) is 0. The highest BCUT2D eigenvalue weighted by atomic mass is 16.3. The zero-order chi connectivity index (χ0) is 8.97. The van der Waals surface area contributed by atoms with Crippen LogP contribution >= 0.6 is 0 Å². The van der Waals surface area contributed by atoms with E-state index in [9.17, 15) is 0 Å². The van der Waals surface area contributed by atoms with Crippen LogP contribution in [0.4, 0.5) is 0 Å². The maximum Gasteiger partial charge on any atom is 0.120 e. The summed E-state index contributed by atoms with van der Waals surface area (Å²) in [6, 6.07) is 4.03. The third-order valence-electron chi connectivity index (χ3n) is 1.78. The number of hydrogen-bond acceptors (Lipinski definition) is 3. The van der Waals surface area contributed by atoms with Gasteiger partial charge in [-0.3, -0.25) is 0 Å². The van der Waals surface area contributed by atoms with E-state index in [1.165, 1.54) is 0 Å². The first-order valence-corrected chi connectivity index (χ1v) is 4.14. The Morgan fingerprint density at radius 2 is 2.33 bits per heavy atom. The molecule has 0 bridgehead atoms. The second-order valence-corrected chi connectivity index (χ2v) is 2.99. The van der Waals surface area contributed by atoms with Crippen molar-refractivity contribution in [2.75, 3.05) is 6.61 Å². The van der Waals surface area contributed by atoms with E-state index in [2.05, 4.69) is 5.32 Å². The highest BCUT2D eigenvalue weighted by Gasteiger charge is 2.09. The van der Waals surface area contributed by atoms with Crippen molar-refractivity contribution < 1.29 is 9.52 Å². The normalized spacial score (nSPS) is 15.9. The molecule has 0 saturated carbocycles. The van der Waals surface area contributed by atoms with Gasteiger partial charge in [-0.2, -0.15) is 0 Å². The molecule has 1 rings (SSSR count). The van der Waals surface area contributed by atoms with Gasteiger partial charge >= 0.3 is 0 Å². The molecule has 2 N–H and O–H groups in total. The molecular weight excluding hydrogens is 154 g/mol. The maximum absolute atomic E-state index is 8.79. The lowest BCUT2D eigenvalue weighted by molar-refractivity contribution is 0.238. The molecule has 3 nitrogen and oxygen atoms in total. The third-order valence-corrected chi connectivity index (χ3v) is 1.78. The van der Waals surface area contributed by atoms with Crippen molar-refractivity contribution in [3.8, 4) is 0 Å². The van der Waals surface area contributed by atoms with Crippen molar-refractivity contribution in [3.05, 3.63) is 24.2 Å². The number of furan rings is 1. The summed E-state index contributed by atoms with van der Waals surface area (Å²) in [6.45, 7) is 4.08. The minimum Gasteiger partial charge on any atom is -0.468 e. The van der Waals surface area contributed by atoms with Crippen molar-refractivity contribution in [1.29, 1.82) is 0 Å². The van der Waals surface area contributed by atoms with E-state index >= 15 is 0 Å². The Kier molecular flexibility index (Phi) is 3.31. The monoisotopic (exact) mass is 169 g/mol. The van der Waals surface area contributed by atoms with Crippen LogP contribution in [0, 0.1) is 0 Å². The van der Waals surface area contributed by atoms with Crippen LogP contribution in [0.25, 0.3) is 0 Å². The molecule has 0 aliphatic carbocycles. The molecule has 2 unspecified atom stereocenters. The summed E-state index contributed by atoms with van der Waals surface area (Å²) in [5, 5.41) is 12.0. The maximum atomic E-state index is 8.79. The lowest BCUT2D eigenvalue weighted by atomic mass is 10.2. The van der Waals surface area contributed by atoms with E-state index in [4.69, 9.17) is 9.52 Å². The highest BCUT2D eigenvalue weighted by Crippen LogP contribution is 2.12.